The molecule has 1 unspecified atom stereocenters. The molecule has 1 rings (SSSR count). The molecule has 0 aromatic rings. The van der Waals surface area contributed by atoms with Gasteiger partial charge in [-0.15, -0.1) is 0 Å². The maximum absolute atomic E-state index is 11.4. The van der Waals surface area contributed by atoms with Gasteiger partial charge in [0.25, 0.3) is 0 Å². The molecule has 1 saturated heterocycles. The van der Waals surface area contributed by atoms with Crippen LogP contribution in [-0.2, 0) is 9.53 Å². The van der Waals surface area contributed by atoms with Crippen LogP contribution in [-0.4, -0.2) is 36.4 Å². The molecule has 0 aliphatic carbocycles. The van der Waals surface area contributed by atoms with Crippen molar-refractivity contribution in [1.82, 2.24) is 5.32 Å². The third kappa shape index (κ3) is 2.44. The molecule has 0 spiro atoms. The van der Waals surface area contributed by atoms with Crippen molar-refractivity contribution in [2.24, 2.45) is 5.92 Å². The maximum Gasteiger partial charge on any atom is 0.237 e. The number of nitriles is 1. The van der Waals surface area contributed by atoms with E-state index in [4.69, 9.17) is 10.00 Å². The van der Waals surface area contributed by atoms with Gasteiger partial charge in [0.1, 0.15) is 5.92 Å². The van der Waals surface area contributed by atoms with Crippen LogP contribution in [0, 0.1) is 17.2 Å². The van der Waals surface area contributed by atoms with E-state index < -0.39 is 12.0 Å². The fourth-order valence-electron chi connectivity index (χ4n) is 1.30. The quantitative estimate of drug-likeness (QED) is 0.635. The summed E-state index contributed by atoms with van der Waals surface area (Å²) in [5.41, 5.74) is 0. The zero-order valence-corrected chi connectivity index (χ0v) is 8.06. The first-order valence-corrected chi connectivity index (χ1v) is 4.64. The van der Waals surface area contributed by atoms with E-state index in [2.05, 4.69) is 5.32 Å². The van der Waals surface area contributed by atoms with E-state index in [1.807, 2.05) is 6.07 Å². The summed E-state index contributed by atoms with van der Waals surface area (Å²) >= 11 is 0. The van der Waals surface area contributed by atoms with Gasteiger partial charge in [0.05, 0.1) is 31.4 Å². The lowest BCUT2D eigenvalue weighted by Crippen LogP contribution is -2.44. The van der Waals surface area contributed by atoms with Gasteiger partial charge < -0.3 is 15.2 Å². The molecule has 0 bridgehead atoms. The molecular formula is C9H14N2O3. The third-order valence-corrected chi connectivity index (χ3v) is 2.26. The normalized spacial score (nSPS) is 28.1. The Hall–Kier alpha value is -1.12. The van der Waals surface area contributed by atoms with E-state index in [9.17, 15) is 9.90 Å². The van der Waals surface area contributed by atoms with Gasteiger partial charge in [-0.2, -0.15) is 5.26 Å². The highest BCUT2D eigenvalue weighted by Gasteiger charge is 2.29. The van der Waals surface area contributed by atoms with Crippen LogP contribution in [0.15, 0.2) is 0 Å². The second-order valence-electron chi connectivity index (χ2n) is 3.31. The lowest BCUT2D eigenvalue weighted by Gasteiger charge is -2.15. The molecule has 3 atom stereocenters. The average molecular weight is 198 g/mol. The highest BCUT2D eigenvalue weighted by molar-refractivity contribution is 5.81. The summed E-state index contributed by atoms with van der Waals surface area (Å²) in [5.74, 6) is -0.965. The number of aliphatic hydroxyl groups excluding tert-OH is 1. The van der Waals surface area contributed by atoms with Crippen LogP contribution < -0.4 is 5.32 Å². The van der Waals surface area contributed by atoms with E-state index >= 15 is 0 Å². The molecule has 2 N–H and O–H groups in total. The summed E-state index contributed by atoms with van der Waals surface area (Å²) in [6, 6.07) is 1.54. The summed E-state index contributed by atoms with van der Waals surface area (Å²) in [7, 11) is 0. The molecule has 0 aromatic heterocycles. The molecule has 5 heteroatoms. The van der Waals surface area contributed by atoms with Crippen molar-refractivity contribution >= 4 is 5.91 Å². The smallest absolute Gasteiger partial charge is 0.237 e. The van der Waals surface area contributed by atoms with Gasteiger partial charge in [0, 0.05) is 0 Å². The third-order valence-electron chi connectivity index (χ3n) is 2.26. The minimum Gasteiger partial charge on any atom is -0.388 e. The second-order valence-corrected chi connectivity index (χ2v) is 3.31. The Kier molecular flexibility index (Phi) is 3.86. The van der Waals surface area contributed by atoms with Crippen LogP contribution in [0.3, 0.4) is 0 Å². The largest absolute Gasteiger partial charge is 0.388 e. The Morgan fingerprint density at radius 1 is 1.79 bits per heavy atom. The number of hydrogen-bond acceptors (Lipinski definition) is 4. The summed E-state index contributed by atoms with van der Waals surface area (Å²) < 4.78 is 4.97. The Morgan fingerprint density at radius 2 is 2.50 bits per heavy atom. The van der Waals surface area contributed by atoms with E-state index in [1.54, 1.807) is 6.92 Å². The van der Waals surface area contributed by atoms with Gasteiger partial charge in [-0.25, -0.2) is 0 Å². The number of ether oxygens (including phenoxy) is 1. The van der Waals surface area contributed by atoms with E-state index in [0.717, 1.165) is 0 Å². The van der Waals surface area contributed by atoms with E-state index in [1.165, 1.54) is 0 Å². The predicted molar refractivity (Wildman–Crippen MR) is 48.2 cm³/mol. The molecule has 1 amide bonds. The Balaban J connectivity index is 2.44. The first kappa shape index (κ1) is 11.0. The van der Waals surface area contributed by atoms with Crippen molar-refractivity contribution < 1.29 is 14.6 Å². The topological polar surface area (TPSA) is 82.4 Å². The van der Waals surface area contributed by atoms with Crippen LogP contribution in [0.5, 0.6) is 0 Å². The fourth-order valence-corrected chi connectivity index (χ4v) is 1.30. The number of carbonyl (C=O) groups is 1. The molecule has 5 nitrogen and oxygen atoms in total. The number of hydrogen-bond donors (Lipinski definition) is 2. The number of carbonyl (C=O) groups excluding carboxylic acids is 1. The molecule has 1 fully saturated rings. The van der Waals surface area contributed by atoms with Crippen molar-refractivity contribution in [2.75, 3.05) is 13.2 Å². The van der Waals surface area contributed by atoms with Gasteiger partial charge in [-0.05, 0) is 6.42 Å². The standard InChI is InChI=1S/C9H14N2O3/c1-2-6(3-10)9(13)11-7-4-14-5-8(7)12/h6-8,12H,2,4-5H2,1H3,(H,11,13)/t6?,7-,8-/m1/s1. The molecule has 0 saturated carbocycles. The van der Waals surface area contributed by atoms with Gasteiger partial charge in [0.2, 0.25) is 5.91 Å². The molecule has 1 heterocycles. The van der Waals surface area contributed by atoms with Crippen LogP contribution >= 0.6 is 0 Å². The molecular weight excluding hydrogens is 184 g/mol. The Bertz CT molecular complexity index is 249. The Morgan fingerprint density at radius 3 is 2.93 bits per heavy atom. The van der Waals surface area contributed by atoms with Crippen molar-refractivity contribution in [2.45, 2.75) is 25.5 Å². The monoisotopic (exact) mass is 198 g/mol. The highest BCUT2D eigenvalue weighted by atomic mass is 16.5. The second kappa shape index (κ2) is 4.94. The summed E-state index contributed by atoms with van der Waals surface area (Å²) in [4.78, 5) is 11.4. The van der Waals surface area contributed by atoms with Crippen molar-refractivity contribution in [3.8, 4) is 6.07 Å². The van der Waals surface area contributed by atoms with Crippen LogP contribution in [0.1, 0.15) is 13.3 Å². The number of nitrogens with zero attached hydrogens (tertiary/aromatic N) is 1. The molecule has 14 heavy (non-hydrogen) atoms. The van der Waals surface area contributed by atoms with Gasteiger partial charge in [0.15, 0.2) is 0 Å². The summed E-state index contributed by atoms with van der Waals surface area (Å²) in [5, 5.41) is 20.6. The fraction of sp³-hybridized carbons (Fsp3) is 0.778. The van der Waals surface area contributed by atoms with E-state index in [0.29, 0.717) is 13.0 Å². The van der Waals surface area contributed by atoms with Crippen LogP contribution in [0.25, 0.3) is 0 Å². The summed E-state index contributed by atoms with van der Waals surface area (Å²) in [6.45, 7) is 2.33. The molecule has 0 aromatic carbocycles. The molecule has 1 aliphatic heterocycles. The first-order chi connectivity index (χ1) is 6.69. The molecule has 78 valence electrons. The lowest BCUT2D eigenvalue weighted by molar-refractivity contribution is -0.124. The lowest BCUT2D eigenvalue weighted by atomic mass is 10.1. The molecule has 0 radical (unpaired) electrons. The van der Waals surface area contributed by atoms with Gasteiger partial charge in [-0.1, -0.05) is 6.92 Å². The minimum absolute atomic E-state index is 0.244. The highest BCUT2D eigenvalue weighted by Crippen LogP contribution is 2.07. The number of rotatable bonds is 3. The minimum atomic E-state index is -0.657. The van der Waals surface area contributed by atoms with Crippen molar-refractivity contribution in [1.29, 1.82) is 5.26 Å². The number of nitrogens with one attached hydrogen (secondary N) is 1. The number of aliphatic hydroxyl groups is 1. The zero-order chi connectivity index (χ0) is 10.6. The Labute approximate surface area is 82.7 Å². The average Bonchev–Trinajstić information content (AvgIpc) is 2.54. The summed E-state index contributed by atoms with van der Waals surface area (Å²) in [6.07, 6.45) is -0.179. The van der Waals surface area contributed by atoms with E-state index in [-0.39, 0.29) is 18.6 Å². The SMILES string of the molecule is CCC(C#N)C(=O)N[C@@H]1COC[C@H]1O. The maximum atomic E-state index is 11.4. The van der Waals surface area contributed by atoms with Crippen LogP contribution in [0.4, 0.5) is 0 Å². The molecule has 1 aliphatic rings. The van der Waals surface area contributed by atoms with Crippen LogP contribution in [0.2, 0.25) is 0 Å². The van der Waals surface area contributed by atoms with Crippen molar-refractivity contribution in [3.63, 3.8) is 0 Å². The predicted octanol–water partition coefficient (Wildman–Crippen LogP) is -0.588. The van der Waals surface area contributed by atoms with Gasteiger partial charge >= 0.3 is 0 Å². The number of amides is 1. The van der Waals surface area contributed by atoms with Crippen molar-refractivity contribution in [3.05, 3.63) is 0 Å². The first-order valence-electron chi connectivity index (χ1n) is 4.64. The van der Waals surface area contributed by atoms with Gasteiger partial charge in [-0.3, -0.25) is 4.79 Å². The zero-order valence-electron chi connectivity index (χ0n) is 8.06.